The van der Waals surface area contributed by atoms with Crippen molar-refractivity contribution in [2.45, 2.75) is 38.4 Å². The fourth-order valence-electron chi connectivity index (χ4n) is 2.24. The van der Waals surface area contributed by atoms with Crippen molar-refractivity contribution in [3.8, 4) is 17.6 Å². The first-order valence-electron chi connectivity index (χ1n) is 6.69. The molecule has 108 valence electrons. The number of aliphatic hydroxyl groups is 1. The topological polar surface area (TPSA) is 38.7 Å². The summed E-state index contributed by atoms with van der Waals surface area (Å²) in [4.78, 5) is 0. The quantitative estimate of drug-likeness (QED) is 0.863. The molecule has 20 heavy (non-hydrogen) atoms. The summed E-state index contributed by atoms with van der Waals surface area (Å²) in [6, 6.07) is 4.29. The second-order valence-corrected chi connectivity index (χ2v) is 5.48. The zero-order valence-corrected chi connectivity index (χ0v) is 11.8. The van der Waals surface area contributed by atoms with E-state index in [0.29, 0.717) is 17.9 Å². The number of aliphatic hydroxyl groups excluding tert-OH is 1. The van der Waals surface area contributed by atoms with Gasteiger partial charge in [-0.3, -0.25) is 0 Å². The van der Waals surface area contributed by atoms with Crippen molar-refractivity contribution >= 4 is 0 Å². The second-order valence-electron chi connectivity index (χ2n) is 5.48. The third kappa shape index (κ3) is 4.22. The highest BCUT2D eigenvalue weighted by Crippen LogP contribution is 2.29. The Morgan fingerprint density at radius 2 is 2.25 bits per heavy atom. The van der Waals surface area contributed by atoms with Crippen LogP contribution in [0.2, 0.25) is 0 Å². The molecule has 1 N–H and O–H groups in total. The molecule has 1 aliphatic heterocycles. The van der Waals surface area contributed by atoms with Crippen molar-refractivity contribution in [1.29, 1.82) is 0 Å². The van der Waals surface area contributed by atoms with Crippen molar-refractivity contribution in [2.24, 2.45) is 0 Å². The SMILES string of the molecule is CC1(C)CCC(COc2cc(F)cc(C#CCO)c2)O1. The van der Waals surface area contributed by atoms with Crippen LogP contribution in [0.3, 0.4) is 0 Å². The summed E-state index contributed by atoms with van der Waals surface area (Å²) in [5.41, 5.74) is 0.384. The van der Waals surface area contributed by atoms with Gasteiger partial charge >= 0.3 is 0 Å². The molecule has 0 saturated carbocycles. The fraction of sp³-hybridized carbons (Fsp3) is 0.500. The van der Waals surface area contributed by atoms with Crippen LogP contribution in [-0.2, 0) is 4.74 Å². The molecular formula is C16H19FO3. The summed E-state index contributed by atoms with van der Waals surface area (Å²) in [5.74, 6) is 5.18. The van der Waals surface area contributed by atoms with Crippen LogP contribution in [-0.4, -0.2) is 30.0 Å². The van der Waals surface area contributed by atoms with Crippen LogP contribution in [0.5, 0.6) is 5.75 Å². The van der Waals surface area contributed by atoms with Gasteiger partial charge in [0.15, 0.2) is 0 Å². The third-order valence-corrected chi connectivity index (χ3v) is 3.17. The molecule has 3 nitrogen and oxygen atoms in total. The first kappa shape index (κ1) is 14.8. The molecule has 1 heterocycles. The normalized spacial score (nSPS) is 20.3. The Balaban J connectivity index is 1.97. The molecule has 0 radical (unpaired) electrons. The average molecular weight is 278 g/mol. The lowest BCUT2D eigenvalue weighted by Crippen LogP contribution is -2.23. The Hall–Kier alpha value is -1.57. The van der Waals surface area contributed by atoms with Crippen LogP contribution in [0.15, 0.2) is 18.2 Å². The molecule has 0 bridgehead atoms. The molecule has 1 saturated heterocycles. The van der Waals surface area contributed by atoms with E-state index in [0.717, 1.165) is 12.8 Å². The van der Waals surface area contributed by atoms with Gasteiger partial charge in [0, 0.05) is 11.6 Å². The van der Waals surface area contributed by atoms with Gasteiger partial charge in [0.1, 0.15) is 24.8 Å². The standard InChI is InChI=1S/C16H19FO3/c1-16(2)6-5-14(20-16)11-19-15-9-12(4-3-7-18)8-13(17)10-15/h8-10,14,18H,5-7,11H2,1-2H3. The number of ether oxygens (including phenoxy) is 2. The van der Waals surface area contributed by atoms with Crippen molar-refractivity contribution in [3.63, 3.8) is 0 Å². The van der Waals surface area contributed by atoms with Gasteiger partial charge in [0.25, 0.3) is 0 Å². The molecule has 0 amide bonds. The van der Waals surface area contributed by atoms with Crippen molar-refractivity contribution < 1.29 is 19.0 Å². The van der Waals surface area contributed by atoms with Crippen LogP contribution < -0.4 is 4.74 Å². The number of halogens is 1. The highest BCUT2D eigenvalue weighted by atomic mass is 19.1. The zero-order chi connectivity index (χ0) is 14.6. The Kier molecular flexibility index (Phi) is 4.64. The first-order chi connectivity index (χ1) is 9.48. The average Bonchev–Trinajstić information content (AvgIpc) is 2.73. The molecule has 1 unspecified atom stereocenters. The maximum Gasteiger partial charge on any atom is 0.128 e. The highest BCUT2D eigenvalue weighted by molar-refractivity contribution is 5.40. The molecule has 0 aliphatic carbocycles. The van der Waals surface area contributed by atoms with Gasteiger partial charge in [-0.2, -0.15) is 0 Å². The van der Waals surface area contributed by atoms with Crippen molar-refractivity contribution in [2.75, 3.05) is 13.2 Å². The minimum absolute atomic E-state index is 0.0419. The largest absolute Gasteiger partial charge is 0.491 e. The van der Waals surface area contributed by atoms with E-state index in [9.17, 15) is 4.39 Å². The molecule has 1 fully saturated rings. The summed E-state index contributed by atoms with van der Waals surface area (Å²) in [5, 5.41) is 8.65. The van der Waals surface area contributed by atoms with Crippen LogP contribution in [0.25, 0.3) is 0 Å². The molecule has 1 aromatic rings. The maximum absolute atomic E-state index is 13.4. The summed E-state index contributed by atoms with van der Waals surface area (Å²) < 4.78 is 24.8. The molecule has 0 aromatic heterocycles. The minimum atomic E-state index is -0.405. The van der Waals surface area contributed by atoms with Gasteiger partial charge in [-0.25, -0.2) is 4.39 Å². The lowest BCUT2D eigenvalue weighted by Gasteiger charge is -2.19. The van der Waals surface area contributed by atoms with Gasteiger partial charge in [-0.1, -0.05) is 11.8 Å². The summed E-state index contributed by atoms with van der Waals surface area (Å²) in [6.07, 6.45) is 1.98. The van der Waals surface area contributed by atoms with Crippen LogP contribution in [0.1, 0.15) is 32.3 Å². The molecule has 4 heteroatoms. The Bertz CT molecular complexity index is 528. The van der Waals surface area contributed by atoms with Gasteiger partial charge in [-0.15, -0.1) is 0 Å². The van der Waals surface area contributed by atoms with E-state index in [1.54, 1.807) is 6.07 Å². The van der Waals surface area contributed by atoms with E-state index in [1.165, 1.54) is 12.1 Å². The molecule has 0 spiro atoms. The van der Waals surface area contributed by atoms with Gasteiger partial charge in [0.05, 0.1) is 11.7 Å². The third-order valence-electron chi connectivity index (χ3n) is 3.17. The van der Waals surface area contributed by atoms with Gasteiger partial charge in [-0.05, 0) is 38.8 Å². The Morgan fingerprint density at radius 1 is 1.45 bits per heavy atom. The van der Waals surface area contributed by atoms with Gasteiger partial charge in [0.2, 0.25) is 0 Å². The van der Waals surface area contributed by atoms with Crippen molar-refractivity contribution in [3.05, 3.63) is 29.6 Å². The number of rotatable bonds is 3. The predicted octanol–water partition coefficient (Wildman–Crippen LogP) is 2.51. The van der Waals surface area contributed by atoms with Crippen molar-refractivity contribution in [1.82, 2.24) is 0 Å². The lowest BCUT2D eigenvalue weighted by atomic mass is 10.1. The Morgan fingerprint density at radius 3 is 2.90 bits per heavy atom. The highest BCUT2D eigenvalue weighted by Gasteiger charge is 2.31. The van der Waals surface area contributed by atoms with Crippen LogP contribution >= 0.6 is 0 Å². The smallest absolute Gasteiger partial charge is 0.128 e. The second kappa shape index (κ2) is 6.25. The van der Waals surface area contributed by atoms with E-state index in [2.05, 4.69) is 25.7 Å². The zero-order valence-electron chi connectivity index (χ0n) is 11.8. The van der Waals surface area contributed by atoms with Crippen LogP contribution in [0.4, 0.5) is 4.39 Å². The molecule has 2 rings (SSSR count). The molecular weight excluding hydrogens is 259 g/mol. The number of benzene rings is 1. The molecule has 1 aliphatic rings. The summed E-state index contributed by atoms with van der Waals surface area (Å²) in [6.45, 7) is 4.26. The van der Waals surface area contributed by atoms with E-state index in [-0.39, 0.29) is 18.3 Å². The van der Waals surface area contributed by atoms with E-state index < -0.39 is 5.82 Å². The van der Waals surface area contributed by atoms with Gasteiger partial charge < -0.3 is 14.6 Å². The first-order valence-corrected chi connectivity index (χ1v) is 6.69. The summed E-state index contributed by atoms with van der Waals surface area (Å²) in [7, 11) is 0. The lowest BCUT2D eigenvalue weighted by molar-refractivity contribution is -0.0326. The van der Waals surface area contributed by atoms with E-state index in [1.807, 2.05) is 0 Å². The Labute approximate surface area is 118 Å². The summed E-state index contributed by atoms with van der Waals surface area (Å²) >= 11 is 0. The molecule has 1 atom stereocenters. The van der Waals surface area contributed by atoms with E-state index in [4.69, 9.17) is 14.6 Å². The maximum atomic E-state index is 13.4. The number of hydrogen-bond acceptors (Lipinski definition) is 3. The molecule has 1 aromatic carbocycles. The van der Waals surface area contributed by atoms with Crippen LogP contribution in [0, 0.1) is 17.7 Å². The minimum Gasteiger partial charge on any atom is -0.491 e. The predicted molar refractivity (Wildman–Crippen MR) is 74.0 cm³/mol. The van der Waals surface area contributed by atoms with E-state index >= 15 is 0 Å². The fourth-order valence-corrected chi connectivity index (χ4v) is 2.24. The monoisotopic (exact) mass is 278 g/mol. The number of hydrogen-bond donors (Lipinski definition) is 1.